The smallest absolute Gasteiger partial charge is 0.410 e. The van der Waals surface area contributed by atoms with E-state index in [1.807, 2.05) is 0 Å². The number of β-amino-alcohol motifs (C(OH)–C–C–N with tert-alkyl or cyclic N) is 1. The van der Waals surface area contributed by atoms with Crippen molar-refractivity contribution in [1.29, 1.82) is 0 Å². The lowest BCUT2D eigenvalue weighted by molar-refractivity contribution is -0.384. The first-order chi connectivity index (χ1) is 15.6. The molecule has 0 spiro atoms. The Morgan fingerprint density at radius 3 is 2.52 bits per heavy atom. The summed E-state index contributed by atoms with van der Waals surface area (Å²) >= 11 is 0. The van der Waals surface area contributed by atoms with Gasteiger partial charge in [-0.05, 0) is 24.1 Å². The van der Waals surface area contributed by atoms with Crippen molar-refractivity contribution in [1.82, 2.24) is 14.7 Å². The average Bonchev–Trinajstić information content (AvgIpc) is 3.29. The molecule has 33 heavy (non-hydrogen) atoms. The minimum Gasteiger partial charge on any atom is -0.445 e. The number of carbonyl (C=O) groups excluding carboxylic acids is 2. The zero-order valence-corrected chi connectivity index (χ0v) is 18.8. The van der Waals surface area contributed by atoms with Crippen molar-refractivity contribution in [2.24, 2.45) is 0 Å². The van der Waals surface area contributed by atoms with Crippen LogP contribution >= 0.6 is 0 Å². The fourth-order valence-electron chi connectivity index (χ4n) is 3.91. The molecule has 0 unspecified atom stereocenters. The highest BCUT2D eigenvalue weighted by molar-refractivity contribution is 7.86. The lowest BCUT2D eigenvalue weighted by Crippen LogP contribution is -2.45. The first kappa shape index (κ1) is 24.7. The molecule has 0 aromatic heterocycles. The summed E-state index contributed by atoms with van der Waals surface area (Å²) in [6.07, 6.45) is -0.363. The Hall–Kier alpha value is -2.97. The lowest BCUT2D eigenvalue weighted by Gasteiger charge is -2.27. The molecule has 2 atom stereocenters. The summed E-state index contributed by atoms with van der Waals surface area (Å²) in [5, 5.41) is 19.8. The summed E-state index contributed by atoms with van der Waals surface area (Å²) in [6.45, 7) is 0.911. The molecule has 0 bridgehead atoms. The van der Waals surface area contributed by atoms with Gasteiger partial charge in [-0.25, -0.2) is 9.59 Å². The molecular weight excluding hydrogens is 460 g/mol. The molecule has 1 aromatic rings. The van der Waals surface area contributed by atoms with Crippen LogP contribution in [-0.4, -0.2) is 103 Å². The van der Waals surface area contributed by atoms with Crippen molar-refractivity contribution < 1.29 is 37.0 Å². The maximum Gasteiger partial charge on any atom is 0.410 e. The number of hydrogen-bond acceptors (Lipinski definition) is 9. The molecule has 2 aliphatic rings. The van der Waals surface area contributed by atoms with Crippen LogP contribution in [-0.2, 0) is 25.6 Å². The predicted molar refractivity (Wildman–Crippen MR) is 114 cm³/mol. The summed E-state index contributed by atoms with van der Waals surface area (Å²) in [5.41, 5.74) is 0.457. The Morgan fingerprint density at radius 1 is 1.24 bits per heavy atom. The van der Waals surface area contributed by atoms with Gasteiger partial charge in [-0.2, -0.15) is 8.42 Å². The highest BCUT2D eigenvalue weighted by Gasteiger charge is 2.41. The van der Waals surface area contributed by atoms with Crippen LogP contribution in [0.3, 0.4) is 0 Å². The molecule has 2 aliphatic heterocycles. The molecule has 3 amide bonds. The minimum atomic E-state index is -3.75. The van der Waals surface area contributed by atoms with E-state index in [-0.39, 0.29) is 51.0 Å². The third-order valence-corrected chi connectivity index (χ3v) is 6.03. The first-order valence-electron chi connectivity index (χ1n) is 10.3. The molecular formula is C19H26N4O9S. The van der Waals surface area contributed by atoms with Gasteiger partial charge in [-0.1, -0.05) is 0 Å². The molecule has 2 fully saturated rings. The number of hydrogen-bond donors (Lipinski definition) is 1. The zero-order valence-electron chi connectivity index (χ0n) is 18.0. The van der Waals surface area contributed by atoms with Crippen molar-refractivity contribution in [3.8, 4) is 0 Å². The third-order valence-electron chi connectivity index (χ3n) is 5.41. The number of nitro benzene ring substituents is 1. The van der Waals surface area contributed by atoms with Crippen LogP contribution < -0.4 is 0 Å². The SMILES string of the molecule is CS(=O)(=O)O[C@@H]1C[C@@H](CN2CCN(CCO)C2=O)N(C(=O)OCc2ccc([N+](=O)[O-])cc2)C1. The van der Waals surface area contributed by atoms with Crippen LogP contribution in [0, 0.1) is 10.1 Å². The topological polar surface area (TPSA) is 160 Å². The van der Waals surface area contributed by atoms with Gasteiger partial charge < -0.3 is 24.5 Å². The fraction of sp³-hybridized carbons (Fsp3) is 0.579. The molecule has 1 N–H and O–H groups in total. The van der Waals surface area contributed by atoms with Crippen LogP contribution in [0.1, 0.15) is 12.0 Å². The van der Waals surface area contributed by atoms with Crippen molar-refractivity contribution in [3.63, 3.8) is 0 Å². The molecule has 3 rings (SSSR count). The number of likely N-dealkylation sites (tertiary alicyclic amines) is 1. The number of aliphatic hydroxyl groups is 1. The fourth-order valence-corrected chi connectivity index (χ4v) is 4.55. The van der Waals surface area contributed by atoms with Crippen molar-refractivity contribution in [2.45, 2.75) is 25.2 Å². The largest absolute Gasteiger partial charge is 0.445 e. The lowest BCUT2D eigenvalue weighted by atomic mass is 10.2. The quantitative estimate of drug-likeness (QED) is 0.296. The van der Waals surface area contributed by atoms with Crippen LogP contribution in [0.25, 0.3) is 0 Å². The number of rotatable bonds is 9. The summed E-state index contributed by atoms with van der Waals surface area (Å²) in [5.74, 6) is 0. The van der Waals surface area contributed by atoms with Gasteiger partial charge in [-0.3, -0.25) is 14.3 Å². The number of non-ortho nitro benzene ring substituents is 1. The number of amides is 3. The first-order valence-corrected chi connectivity index (χ1v) is 12.1. The monoisotopic (exact) mass is 486 g/mol. The maximum absolute atomic E-state index is 12.8. The second-order valence-corrected chi connectivity index (χ2v) is 9.48. The Kier molecular flexibility index (Phi) is 7.71. The van der Waals surface area contributed by atoms with Gasteiger partial charge in [0, 0.05) is 38.3 Å². The van der Waals surface area contributed by atoms with Gasteiger partial charge in [0.15, 0.2) is 0 Å². The van der Waals surface area contributed by atoms with E-state index in [9.17, 15) is 28.1 Å². The molecule has 14 heteroatoms. The van der Waals surface area contributed by atoms with Crippen LogP contribution in [0.2, 0.25) is 0 Å². The molecule has 1 aromatic carbocycles. The van der Waals surface area contributed by atoms with Gasteiger partial charge in [0.25, 0.3) is 15.8 Å². The van der Waals surface area contributed by atoms with Crippen molar-refractivity contribution in [2.75, 3.05) is 45.6 Å². The van der Waals surface area contributed by atoms with E-state index in [2.05, 4.69) is 0 Å². The number of ether oxygens (including phenoxy) is 1. The molecule has 2 saturated heterocycles. The minimum absolute atomic E-state index is 0.0286. The molecule has 182 valence electrons. The van der Waals surface area contributed by atoms with E-state index in [0.29, 0.717) is 18.7 Å². The van der Waals surface area contributed by atoms with Crippen LogP contribution in [0.5, 0.6) is 0 Å². The predicted octanol–water partition coefficient (Wildman–Crippen LogP) is 0.380. The second-order valence-electron chi connectivity index (χ2n) is 7.88. The highest BCUT2D eigenvalue weighted by atomic mass is 32.2. The summed E-state index contributed by atoms with van der Waals surface area (Å²) in [7, 11) is -3.75. The van der Waals surface area contributed by atoms with E-state index < -0.39 is 33.3 Å². The van der Waals surface area contributed by atoms with Gasteiger partial charge in [0.05, 0.1) is 36.5 Å². The van der Waals surface area contributed by atoms with E-state index >= 15 is 0 Å². The molecule has 0 aliphatic carbocycles. The van der Waals surface area contributed by atoms with E-state index in [1.165, 1.54) is 34.1 Å². The standard InChI is InChI=1S/C19H26N4O9S/c1-33(29,30)32-17-10-16(11-21-7-6-20(8-9-24)18(21)25)22(12-17)19(26)31-13-14-2-4-15(5-3-14)23(27)28/h2-5,16-17,24H,6-13H2,1H3/t16-,17+/m0/s1. The number of nitrogens with zero attached hydrogens (tertiary/aromatic N) is 4. The summed E-state index contributed by atoms with van der Waals surface area (Å²) < 4.78 is 33.5. The van der Waals surface area contributed by atoms with Crippen molar-refractivity contribution in [3.05, 3.63) is 39.9 Å². The number of urea groups is 1. The normalized spacial score (nSPS) is 21.0. The Morgan fingerprint density at radius 2 is 1.91 bits per heavy atom. The number of benzene rings is 1. The Balaban J connectivity index is 1.65. The van der Waals surface area contributed by atoms with E-state index in [0.717, 1.165) is 6.26 Å². The number of carbonyl (C=O) groups is 2. The van der Waals surface area contributed by atoms with Gasteiger partial charge in [0.1, 0.15) is 6.61 Å². The number of nitro groups is 1. The zero-order chi connectivity index (χ0) is 24.2. The molecule has 0 radical (unpaired) electrons. The van der Waals surface area contributed by atoms with Crippen molar-refractivity contribution >= 4 is 27.9 Å². The summed E-state index contributed by atoms with van der Waals surface area (Å²) in [6, 6.07) is 4.75. The Labute approximate surface area is 190 Å². The van der Waals surface area contributed by atoms with Gasteiger partial charge >= 0.3 is 12.1 Å². The third kappa shape index (κ3) is 6.52. The molecule has 2 heterocycles. The molecule has 0 saturated carbocycles. The van der Waals surface area contributed by atoms with Gasteiger partial charge in [-0.15, -0.1) is 0 Å². The van der Waals surface area contributed by atoms with E-state index in [1.54, 1.807) is 4.90 Å². The second kappa shape index (κ2) is 10.3. The number of aliphatic hydroxyl groups excluding tert-OH is 1. The highest BCUT2D eigenvalue weighted by Crippen LogP contribution is 2.25. The maximum atomic E-state index is 12.8. The van der Waals surface area contributed by atoms with E-state index in [4.69, 9.17) is 14.0 Å². The average molecular weight is 487 g/mol. The molecule has 13 nitrogen and oxygen atoms in total. The summed E-state index contributed by atoms with van der Waals surface area (Å²) in [4.78, 5) is 39.9. The van der Waals surface area contributed by atoms with Crippen LogP contribution in [0.15, 0.2) is 24.3 Å². The van der Waals surface area contributed by atoms with Crippen LogP contribution in [0.4, 0.5) is 15.3 Å². The Bertz CT molecular complexity index is 985. The van der Waals surface area contributed by atoms with Gasteiger partial charge in [0.2, 0.25) is 0 Å².